The Labute approximate surface area is 121 Å². The van der Waals surface area contributed by atoms with Crippen molar-refractivity contribution in [2.24, 2.45) is 0 Å². The summed E-state index contributed by atoms with van der Waals surface area (Å²) in [4.78, 5) is 7.27. The van der Waals surface area contributed by atoms with Crippen LogP contribution in [-0.4, -0.2) is 33.6 Å². The van der Waals surface area contributed by atoms with Crippen LogP contribution in [0, 0.1) is 0 Å². The Morgan fingerprint density at radius 2 is 2.11 bits per heavy atom. The Bertz CT molecular complexity index is 466. The van der Waals surface area contributed by atoms with Gasteiger partial charge in [0.15, 0.2) is 5.15 Å². The van der Waals surface area contributed by atoms with Gasteiger partial charge in [0.2, 0.25) is 0 Å². The molecule has 0 aliphatic carbocycles. The maximum absolute atomic E-state index is 6.36. The van der Waals surface area contributed by atoms with Gasteiger partial charge in [0.25, 0.3) is 0 Å². The molecule has 0 aromatic carbocycles. The molecule has 2 atom stereocenters. The maximum atomic E-state index is 6.36. The molecule has 1 aromatic rings. The van der Waals surface area contributed by atoms with Crippen LogP contribution in [-0.2, 0) is 6.42 Å². The van der Waals surface area contributed by atoms with E-state index in [9.17, 15) is 0 Å². The first-order chi connectivity index (χ1) is 9.08. The van der Waals surface area contributed by atoms with Crippen LogP contribution in [0.15, 0.2) is 0 Å². The predicted molar refractivity (Wildman–Crippen MR) is 79.0 cm³/mol. The summed E-state index contributed by atoms with van der Waals surface area (Å²) in [6.07, 6.45) is 4.82. The second-order valence-corrected chi connectivity index (χ2v) is 6.75. The fourth-order valence-corrected chi connectivity index (χ4v) is 3.89. The van der Waals surface area contributed by atoms with Crippen molar-refractivity contribution in [3.8, 4) is 0 Å². The van der Waals surface area contributed by atoms with Crippen molar-refractivity contribution in [3.63, 3.8) is 0 Å². The summed E-state index contributed by atoms with van der Waals surface area (Å²) in [5.74, 6) is 1.81. The molecule has 3 heterocycles. The topological polar surface area (TPSA) is 21.1 Å². The number of imidazole rings is 1. The predicted octanol–water partition coefficient (Wildman–Crippen LogP) is 3.63. The smallest absolute Gasteiger partial charge is 0.150 e. The molecule has 0 spiro atoms. The minimum atomic E-state index is 0.562. The van der Waals surface area contributed by atoms with E-state index < -0.39 is 0 Å². The van der Waals surface area contributed by atoms with Gasteiger partial charge in [-0.1, -0.05) is 11.6 Å². The zero-order valence-corrected chi connectivity index (χ0v) is 13.0. The summed E-state index contributed by atoms with van der Waals surface area (Å²) in [6, 6.07) is 1.19. The molecule has 2 aliphatic rings. The summed E-state index contributed by atoms with van der Waals surface area (Å²) in [5, 5.41) is 0.754. The third-order valence-corrected chi connectivity index (χ3v) is 5.08. The van der Waals surface area contributed by atoms with E-state index in [0.29, 0.717) is 18.0 Å². The fourth-order valence-electron chi connectivity index (χ4n) is 3.62. The van der Waals surface area contributed by atoms with E-state index >= 15 is 0 Å². The molecule has 1 fully saturated rings. The van der Waals surface area contributed by atoms with Gasteiger partial charge in [0.1, 0.15) is 5.82 Å². The normalized spacial score (nSPS) is 28.1. The maximum Gasteiger partial charge on any atom is 0.150 e. The number of likely N-dealkylation sites (tertiary alicyclic amines) is 1. The third-order valence-electron chi connectivity index (χ3n) is 4.78. The van der Waals surface area contributed by atoms with E-state index in [4.69, 9.17) is 16.6 Å². The first-order valence-corrected chi connectivity index (χ1v) is 7.96. The van der Waals surface area contributed by atoms with Crippen molar-refractivity contribution in [1.82, 2.24) is 14.5 Å². The van der Waals surface area contributed by atoms with Crippen molar-refractivity contribution < 1.29 is 0 Å². The number of nitrogens with zero attached hydrogens (tertiary/aromatic N) is 3. The number of hydrogen-bond donors (Lipinski definition) is 0. The Kier molecular flexibility index (Phi) is 3.61. The van der Waals surface area contributed by atoms with Crippen molar-refractivity contribution in [3.05, 3.63) is 16.7 Å². The van der Waals surface area contributed by atoms with Crippen LogP contribution in [0.1, 0.15) is 63.5 Å². The zero-order valence-electron chi connectivity index (χ0n) is 12.2. The Morgan fingerprint density at radius 1 is 1.32 bits per heavy atom. The Hall–Kier alpha value is -0.540. The summed E-state index contributed by atoms with van der Waals surface area (Å²) >= 11 is 6.36. The highest BCUT2D eigenvalue weighted by molar-refractivity contribution is 6.30. The highest BCUT2D eigenvalue weighted by atomic mass is 35.5. The van der Waals surface area contributed by atoms with Gasteiger partial charge in [-0.15, -0.1) is 0 Å². The molecule has 0 N–H and O–H groups in total. The number of rotatable bonds is 2. The van der Waals surface area contributed by atoms with Gasteiger partial charge < -0.3 is 9.47 Å². The molecule has 1 saturated heterocycles. The number of fused-ring (bicyclic) bond motifs is 1. The minimum absolute atomic E-state index is 0.562. The fraction of sp³-hybridized carbons (Fsp3) is 0.800. The van der Waals surface area contributed by atoms with Crippen LogP contribution >= 0.6 is 11.6 Å². The van der Waals surface area contributed by atoms with E-state index in [1.807, 2.05) is 0 Å². The van der Waals surface area contributed by atoms with Crippen molar-refractivity contribution >= 4 is 11.6 Å². The highest BCUT2D eigenvalue weighted by Crippen LogP contribution is 2.36. The van der Waals surface area contributed by atoms with Crippen LogP contribution in [0.5, 0.6) is 0 Å². The molecule has 0 bridgehead atoms. The summed E-state index contributed by atoms with van der Waals surface area (Å²) < 4.78 is 2.44. The standard InChI is InChI=1S/C15H24ClN3/c1-10(2)18-8-7-12(9-18)15-17-14(16)13-6-4-5-11(3)19(13)15/h10-12H,4-9H2,1-3H3. The van der Waals surface area contributed by atoms with Gasteiger partial charge in [-0.25, -0.2) is 4.98 Å². The van der Waals surface area contributed by atoms with Crippen molar-refractivity contribution in [2.75, 3.05) is 13.1 Å². The summed E-state index contributed by atoms with van der Waals surface area (Å²) in [7, 11) is 0. The zero-order chi connectivity index (χ0) is 13.6. The van der Waals surface area contributed by atoms with E-state index in [-0.39, 0.29) is 0 Å². The molecule has 0 amide bonds. The van der Waals surface area contributed by atoms with Gasteiger partial charge in [0.05, 0.1) is 5.69 Å². The monoisotopic (exact) mass is 281 g/mol. The average Bonchev–Trinajstić information content (AvgIpc) is 2.95. The molecule has 19 heavy (non-hydrogen) atoms. The van der Waals surface area contributed by atoms with Gasteiger partial charge in [-0.3, -0.25) is 0 Å². The molecule has 106 valence electrons. The quantitative estimate of drug-likeness (QED) is 0.825. The molecule has 0 saturated carbocycles. The largest absolute Gasteiger partial charge is 0.327 e. The minimum Gasteiger partial charge on any atom is -0.327 e. The van der Waals surface area contributed by atoms with E-state index in [1.54, 1.807) is 0 Å². The molecular weight excluding hydrogens is 258 g/mol. The first kappa shape index (κ1) is 13.4. The molecule has 2 unspecified atom stereocenters. The average molecular weight is 282 g/mol. The van der Waals surface area contributed by atoms with E-state index in [2.05, 4.69) is 30.2 Å². The first-order valence-electron chi connectivity index (χ1n) is 7.58. The number of halogens is 1. The summed E-state index contributed by atoms with van der Waals surface area (Å²) in [6.45, 7) is 9.19. The lowest BCUT2D eigenvalue weighted by Gasteiger charge is -2.26. The second kappa shape index (κ2) is 5.10. The van der Waals surface area contributed by atoms with E-state index in [0.717, 1.165) is 18.1 Å². The van der Waals surface area contributed by atoms with Crippen molar-refractivity contribution in [2.45, 2.75) is 64.5 Å². The van der Waals surface area contributed by atoms with Crippen LogP contribution in [0.3, 0.4) is 0 Å². The van der Waals surface area contributed by atoms with Crippen LogP contribution in [0.2, 0.25) is 5.15 Å². The lowest BCUT2D eigenvalue weighted by Crippen LogP contribution is -2.28. The van der Waals surface area contributed by atoms with Crippen LogP contribution in [0.25, 0.3) is 0 Å². The molecule has 4 heteroatoms. The van der Waals surface area contributed by atoms with Crippen LogP contribution < -0.4 is 0 Å². The van der Waals surface area contributed by atoms with E-state index in [1.165, 1.54) is 37.3 Å². The van der Waals surface area contributed by atoms with Crippen LogP contribution in [0.4, 0.5) is 0 Å². The molecular formula is C15H24ClN3. The molecule has 2 aliphatic heterocycles. The Morgan fingerprint density at radius 3 is 2.79 bits per heavy atom. The lowest BCUT2D eigenvalue weighted by atomic mass is 10.0. The van der Waals surface area contributed by atoms with Crippen molar-refractivity contribution in [1.29, 1.82) is 0 Å². The SMILES string of the molecule is CC(C)N1CCC(c2nc(Cl)c3n2C(C)CCC3)C1. The number of hydrogen-bond acceptors (Lipinski definition) is 2. The molecule has 3 rings (SSSR count). The van der Waals surface area contributed by atoms with Gasteiger partial charge >= 0.3 is 0 Å². The van der Waals surface area contributed by atoms with Gasteiger partial charge in [0, 0.05) is 24.5 Å². The second-order valence-electron chi connectivity index (χ2n) is 6.39. The van der Waals surface area contributed by atoms with Gasteiger partial charge in [-0.05, 0) is 53.0 Å². The number of aromatic nitrogens is 2. The summed E-state index contributed by atoms with van der Waals surface area (Å²) in [5.41, 5.74) is 1.28. The lowest BCUT2D eigenvalue weighted by molar-refractivity contribution is 0.270. The molecule has 1 aromatic heterocycles. The molecule has 0 radical (unpaired) electrons. The third kappa shape index (κ3) is 2.31. The Balaban J connectivity index is 1.90. The molecule has 3 nitrogen and oxygen atoms in total. The van der Waals surface area contributed by atoms with Gasteiger partial charge in [-0.2, -0.15) is 0 Å². The highest BCUT2D eigenvalue weighted by Gasteiger charge is 2.32.